The topological polar surface area (TPSA) is 133 Å². The van der Waals surface area contributed by atoms with Gasteiger partial charge in [-0.05, 0) is 11.8 Å². The number of nitrogen functional groups attached to an aromatic ring is 1. The van der Waals surface area contributed by atoms with Crippen LogP contribution in [0.5, 0.6) is 0 Å². The van der Waals surface area contributed by atoms with Crippen molar-refractivity contribution in [2.45, 2.75) is 9.50 Å². The minimum absolute atomic E-state index is 0.229. The summed E-state index contributed by atoms with van der Waals surface area (Å²) >= 11 is 2.65. The zero-order chi connectivity index (χ0) is 13.1. The third kappa shape index (κ3) is 2.64. The number of hydrazine groups is 1. The zero-order valence-electron chi connectivity index (χ0n) is 9.20. The maximum absolute atomic E-state index is 5.33. The third-order valence-electron chi connectivity index (χ3n) is 1.87. The molecule has 3 aromatic heterocycles. The van der Waals surface area contributed by atoms with Crippen molar-refractivity contribution < 1.29 is 0 Å². The molecule has 0 spiro atoms. The van der Waals surface area contributed by atoms with Crippen LogP contribution in [0.4, 0.5) is 5.95 Å². The van der Waals surface area contributed by atoms with Crippen molar-refractivity contribution in [3.05, 3.63) is 18.2 Å². The van der Waals surface area contributed by atoms with Gasteiger partial charge in [0.15, 0.2) is 4.34 Å². The number of nitrogens with two attached hydrogens (primary N) is 1. The molecule has 0 amide bonds. The van der Waals surface area contributed by atoms with E-state index in [0.29, 0.717) is 11.1 Å². The predicted octanol–water partition coefficient (Wildman–Crippen LogP) is -0.259. The minimum atomic E-state index is 0.229. The molecule has 0 bridgehead atoms. The highest BCUT2D eigenvalue weighted by atomic mass is 32.2. The molecule has 0 aliphatic carbocycles. The van der Waals surface area contributed by atoms with E-state index in [1.807, 2.05) is 0 Å². The van der Waals surface area contributed by atoms with Gasteiger partial charge in [-0.15, -0.1) is 10.2 Å². The number of nitrogens with one attached hydrogen (secondary N) is 1. The Kier molecular flexibility index (Phi) is 3.26. The minimum Gasteiger partial charge on any atom is -0.292 e. The molecular weight excluding hydrogens is 288 g/mol. The second-order valence-corrected chi connectivity index (χ2v) is 5.08. The van der Waals surface area contributed by atoms with Crippen molar-refractivity contribution in [2.24, 2.45) is 5.84 Å². The number of rotatable bonds is 4. The van der Waals surface area contributed by atoms with Crippen LogP contribution in [0.1, 0.15) is 0 Å². The van der Waals surface area contributed by atoms with Crippen LogP contribution in [-0.4, -0.2) is 39.9 Å². The molecule has 19 heavy (non-hydrogen) atoms. The molecular formula is C7H6N10S2. The van der Waals surface area contributed by atoms with Crippen LogP contribution in [-0.2, 0) is 0 Å². The lowest BCUT2D eigenvalue weighted by Crippen LogP contribution is -2.14. The molecule has 0 aliphatic rings. The largest absolute Gasteiger partial charge is 0.292 e. The number of hydrogen-bond acceptors (Lipinski definition) is 11. The number of nitrogens with zero attached hydrogens (tertiary/aromatic N) is 8. The van der Waals surface area contributed by atoms with Crippen LogP contribution in [0.15, 0.2) is 27.7 Å². The van der Waals surface area contributed by atoms with Crippen LogP contribution in [0, 0.1) is 0 Å². The van der Waals surface area contributed by atoms with Gasteiger partial charge in [-0.3, -0.25) is 5.43 Å². The Morgan fingerprint density at radius 1 is 1.32 bits per heavy atom. The van der Waals surface area contributed by atoms with Gasteiger partial charge in [0, 0.05) is 0 Å². The molecule has 3 heterocycles. The molecule has 0 saturated carbocycles. The molecule has 0 aromatic carbocycles. The summed E-state index contributed by atoms with van der Waals surface area (Å²) in [6.45, 7) is 0. The average molecular weight is 294 g/mol. The van der Waals surface area contributed by atoms with Gasteiger partial charge >= 0.3 is 0 Å². The van der Waals surface area contributed by atoms with Crippen molar-refractivity contribution in [3.63, 3.8) is 0 Å². The molecule has 10 nitrogen and oxygen atoms in total. The first-order valence-electron chi connectivity index (χ1n) is 4.87. The first kappa shape index (κ1) is 11.9. The summed E-state index contributed by atoms with van der Waals surface area (Å²) in [6.07, 6.45) is 2.87. The van der Waals surface area contributed by atoms with Crippen LogP contribution in [0.2, 0.25) is 0 Å². The normalized spacial score (nSPS) is 10.6. The predicted molar refractivity (Wildman–Crippen MR) is 66.6 cm³/mol. The smallest absolute Gasteiger partial charge is 0.257 e. The van der Waals surface area contributed by atoms with E-state index in [1.54, 1.807) is 5.51 Å². The Labute approximate surface area is 114 Å². The lowest BCUT2D eigenvalue weighted by molar-refractivity contribution is 0.759. The van der Waals surface area contributed by atoms with E-state index < -0.39 is 0 Å². The maximum atomic E-state index is 5.33. The standard InChI is InChI=1S/C7H6N10S2/c8-15-4-12-5(17-2-9-1-11-17)14-6(13-4)19-7-16-10-3-18-7/h1-3H,8H2,(H,12,13,14,15). The summed E-state index contributed by atoms with van der Waals surface area (Å²) in [4.78, 5) is 16.3. The fourth-order valence-corrected chi connectivity index (χ4v) is 2.48. The van der Waals surface area contributed by atoms with Gasteiger partial charge in [-0.25, -0.2) is 10.8 Å². The summed E-state index contributed by atoms with van der Waals surface area (Å²) in [7, 11) is 0. The summed E-state index contributed by atoms with van der Waals surface area (Å²) < 4.78 is 2.13. The number of anilines is 1. The quantitative estimate of drug-likeness (QED) is 0.489. The van der Waals surface area contributed by atoms with E-state index in [2.05, 4.69) is 40.7 Å². The Balaban J connectivity index is 1.98. The van der Waals surface area contributed by atoms with Gasteiger partial charge < -0.3 is 0 Å². The summed E-state index contributed by atoms with van der Waals surface area (Å²) in [6, 6.07) is 0. The van der Waals surface area contributed by atoms with Crippen LogP contribution in [0.25, 0.3) is 5.95 Å². The summed E-state index contributed by atoms with van der Waals surface area (Å²) in [5.74, 6) is 5.87. The van der Waals surface area contributed by atoms with Crippen molar-refractivity contribution in [2.75, 3.05) is 5.43 Å². The van der Waals surface area contributed by atoms with E-state index in [9.17, 15) is 0 Å². The highest BCUT2D eigenvalue weighted by molar-refractivity contribution is 8.00. The highest BCUT2D eigenvalue weighted by Crippen LogP contribution is 2.26. The van der Waals surface area contributed by atoms with E-state index in [1.165, 1.54) is 40.4 Å². The molecule has 3 rings (SSSR count). The molecule has 0 saturated heterocycles. The fraction of sp³-hybridized carbons (Fsp3) is 0. The Morgan fingerprint density at radius 3 is 2.95 bits per heavy atom. The van der Waals surface area contributed by atoms with Crippen molar-refractivity contribution in [1.29, 1.82) is 0 Å². The lowest BCUT2D eigenvalue weighted by atomic mass is 10.8. The molecule has 3 aromatic rings. The van der Waals surface area contributed by atoms with Crippen LogP contribution in [0.3, 0.4) is 0 Å². The molecule has 0 radical (unpaired) electrons. The van der Waals surface area contributed by atoms with Crippen molar-refractivity contribution in [3.8, 4) is 5.95 Å². The third-order valence-corrected chi connectivity index (χ3v) is 3.52. The highest BCUT2D eigenvalue weighted by Gasteiger charge is 2.11. The van der Waals surface area contributed by atoms with E-state index in [4.69, 9.17) is 5.84 Å². The maximum Gasteiger partial charge on any atom is 0.257 e. The Morgan fingerprint density at radius 2 is 2.26 bits per heavy atom. The molecule has 3 N–H and O–H groups in total. The van der Waals surface area contributed by atoms with Crippen LogP contribution >= 0.6 is 23.1 Å². The summed E-state index contributed by atoms with van der Waals surface area (Å²) in [5, 5.41) is 12.0. The molecule has 0 unspecified atom stereocenters. The molecule has 12 heteroatoms. The van der Waals surface area contributed by atoms with Gasteiger partial charge in [0.05, 0.1) is 0 Å². The first-order chi connectivity index (χ1) is 9.35. The van der Waals surface area contributed by atoms with Gasteiger partial charge in [-0.2, -0.15) is 24.7 Å². The van der Waals surface area contributed by atoms with Crippen LogP contribution < -0.4 is 11.3 Å². The van der Waals surface area contributed by atoms with Gasteiger partial charge in [0.25, 0.3) is 5.95 Å². The molecule has 0 atom stereocenters. The zero-order valence-corrected chi connectivity index (χ0v) is 10.8. The molecule has 0 aliphatic heterocycles. The SMILES string of the molecule is NNc1nc(Sc2nncs2)nc(-n2cncn2)n1. The number of hydrogen-bond donors (Lipinski definition) is 2. The molecule has 96 valence electrons. The van der Waals surface area contributed by atoms with E-state index >= 15 is 0 Å². The van der Waals surface area contributed by atoms with Crippen molar-refractivity contribution in [1.82, 2.24) is 39.9 Å². The lowest BCUT2D eigenvalue weighted by Gasteiger charge is -2.04. The summed E-state index contributed by atoms with van der Waals surface area (Å²) in [5.41, 5.74) is 4.01. The Hall–Kier alpha value is -2.18. The van der Waals surface area contributed by atoms with Gasteiger partial charge in [0.2, 0.25) is 11.1 Å². The van der Waals surface area contributed by atoms with Gasteiger partial charge in [0.1, 0.15) is 18.2 Å². The van der Waals surface area contributed by atoms with Crippen molar-refractivity contribution >= 4 is 29.0 Å². The molecule has 0 fully saturated rings. The van der Waals surface area contributed by atoms with E-state index in [0.717, 1.165) is 4.34 Å². The second kappa shape index (κ2) is 5.21. The van der Waals surface area contributed by atoms with Gasteiger partial charge in [-0.1, -0.05) is 11.3 Å². The average Bonchev–Trinajstić information content (AvgIpc) is 3.11. The first-order valence-corrected chi connectivity index (χ1v) is 6.56. The second-order valence-electron chi connectivity index (χ2n) is 3.03. The number of aromatic nitrogens is 8. The van der Waals surface area contributed by atoms with E-state index in [-0.39, 0.29) is 5.95 Å². The monoisotopic (exact) mass is 294 g/mol. The fourth-order valence-electron chi connectivity index (χ4n) is 1.16. The Bertz CT molecular complexity index is 651.